The monoisotopic (exact) mass is 563 g/mol. The molecule has 212 valence electrons. The van der Waals surface area contributed by atoms with Gasteiger partial charge < -0.3 is 20.9 Å². The topological polar surface area (TPSA) is 100 Å². The lowest BCUT2D eigenvalue weighted by Crippen LogP contribution is -2.54. The number of fused-ring (bicyclic) bond motifs is 1. The molecule has 0 radical (unpaired) electrons. The van der Waals surface area contributed by atoms with Gasteiger partial charge in [0.15, 0.2) is 0 Å². The predicted molar refractivity (Wildman–Crippen MR) is 147 cm³/mol. The Morgan fingerprint density at radius 3 is 2.46 bits per heavy atom. The normalized spacial score (nSPS) is 23.1. The van der Waals surface area contributed by atoms with Crippen LogP contribution < -0.4 is 16.2 Å². The predicted octanol–water partition coefficient (Wildman–Crippen LogP) is 6.47. The van der Waals surface area contributed by atoms with Crippen LogP contribution in [-0.4, -0.2) is 40.9 Å². The summed E-state index contributed by atoms with van der Waals surface area (Å²) < 4.78 is 56.3. The first kappa shape index (κ1) is 29.3. The SMILES string of the molecule is CC(C)(N)CC(N)C(C)(C)C(=O)OC1CCC(Oc2ccc3cc(-c4cccnc4)sc3c2)C1(C)C(F)(F)F. The molecule has 1 aliphatic rings. The fraction of sp³-hybridized carbons (Fsp3) is 0.517. The van der Waals surface area contributed by atoms with Crippen LogP contribution in [-0.2, 0) is 9.53 Å². The van der Waals surface area contributed by atoms with Crippen LogP contribution in [0.4, 0.5) is 13.2 Å². The second-order valence-electron chi connectivity index (χ2n) is 11.9. The van der Waals surface area contributed by atoms with Crippen LogP contribution in [0.15, 0.2) is 48.8 Å². The first-order chi connectivity index (χ1) is 18.0. The smallest absolute Gasteiger partial charge is 0.401 e. The Bertz CT molecular complexity index is 1320. The molecular weight excluding hydrogens is 527 g/mol. The summed E-state index contributed by atoms with van der Waals surface area (Å²) in [6.45, 7) is 7.79. The van der Waals surface area contributed by atoms with Gasteiger partial charge in [0.25, 0.3) is 0 Å². The van der Waals surface area contributed by atoms with E-state index in [-0.39, 0.29) is 12.8 Å². The highest BCUT2D eigenvalue weighted by molar-refractivity contribution is 7.22. The lowest BCUT2D eigenvalue weighted by molar-refractivity contribution is -0.265. The molecule has 39 heavy (non-hydrogen) atoms. The van der Waals surface area contributed by atoms with Crippen LogP contribution in [0.3, 0.4) is 0 Å². The average Bonchev–Trinajstić information content (AvgIpc) is 3.40. The van der Waals surface area contributed by atoms with E-state index in [1.165, 1.54) is 11.3 Å². The molecule has 1 fully saturated rings. The van der Waals surface area contributed by atoms with E-state index in [1.807, 2.05) is 24.3 Å². The van der Waals surface area contributed by atoms with Crippen LogP contribution in [0.5, 0.6) is 5.75 Å². The minimum Gasteiger partial charge on any atom is -0.489 e. The third-order valence-corrected chi connectivity index (χ3v) is 8.95. The zero-order chi connectivity index (χ0) is 28.8. The molecule has 4 atom stereocenters. The average molecular weight is 564 g/mol. The third-order valence-electron chi connectivity index (χ3n) is 7.80. The Labute approximate surface area is 230 Å². The minimum atomic E-state index is -4.68. The molecule has 1 saturated carbocycles. The van der Waals surface area contributed by atoms with E-state index in [9.17, 15) is 18.0 Å². The number of carbonyl (C=O) groups excluding carboxylic acids is 1. The lowest BCUT2D eigenvalue weighted by atomic mass is 9.78. The number of carbonyl (C=O) groups is 1. The number of pyridine rings is 1. The van der Waals surface area contributed by atoms with E-state index in [0.29, 0.717) is 12.2 Å². The number of aromatic nitrogens is 1. The number of nitrogens with zero attached hydrogens (tertiary/aromatic N) is 1. The van der Waals surface area contributed by atoms with Gasteiger partial charge in [-0.25, -0.2) is 0 Å². The second kappa shape index (κ2) is 10.4. The summed E-state index contributed by atoms with van der Waals surface area (Å²) in [5, 5.41) is 0.960. The number of ether oxygens (including phenoxy) is 2. The number of hydrogen-bond acceptors (Lipinski definition) is 7. The molecule has 0 bridgehead atoms. The van der Waals surface area contributed by atoms with Crippen molar-refractivity contribution in [2.75, 3.05) is 0 Å². The number of hydrogen-bond donors (Lipinski definition) is 2. The van der Waals surface area contributed by atoms with E-state index < -0.39 is 46.8 Å². The number of nitrogens with two attached hydrogens (primary N) is 2. The van der Waals surface area contributed by atoms with Gasteiger partial charge in [0, 0.05) is 39.1 Å². The molecule has 6 nitrogen and oxygen atoms in total. The number of esters is 1. The molecule has 4 unspecified atom stereocenters. The summed E-state index contributed by atoms with van der Waals surface area (Å²) in [4.78, 5) is 18.3. The van der Waals surface area contributed by atoms with E-state index in [1.54, 1.807) is 52.2 Å². The van der Waals surface area contributed by atoms with E-state index in [0.717, 1.165) is 27.5 Å². The molecule has 0 spiro atoms. The van der Waals surface area contributed by atoms with Crippen LogP contribution in [0, 0.1) is 10.8 Å². The van der Waals surface area contributed by atoms with Crippen LogP contribution >= 0.6 is 11.3 Å². The number of alkyl halides is 3. The van der Waals surface area contributed by atoms with Gasteiger partial charge in [0.2, 0.25) is 0 Å². The molecule has 4 N–H and O–H groups in total. The van der Waals surface area contributed by atoms with Crippen LogP contribution in [0.25, 0.3) is 20.5 Å². The summed E-state index contributed by atoms with van der Waals surface area (Å²) in [5.74, 6) is -0.439. The molecule has 1 aromatic carbocycles. The van der Waals surface area contributed by atoms with Gasteiger partial charge >= 0.3 is 12.1 Å². The molecule has 0 amide bonds. The van der Waals surface area contributed by atoms with Crippen molar-refractivity contribution in [1.29, 1.82) is 0 Å². The Kier molecular flexibility index (Phi) is 7.79. The summed E-state index contributed by atoms with van der Waals surface area (Å²) >= 11 is 1.51. The zero-order valence-electron chi connectivity index (χ0n) is 22.8. The van der Waals surface area contributed by atoms with Gasteiger partial charge in [-0.3, -0.25) is 9.78 Å². The Morgan fingerprint density at radius 2 is 1.85 bits per heavy atom. The number of rotatable bonds is 8. The van der Waals surface area contributed by atoms with Crippen LogP contribution in [0.1, 0.15) is 53.9 Å². The van der Waals surface area contributed by atoms with E-state index in [4.69, 9.17) is 20.9 Å². The number of benzene rings is 1. The number of halogens is 3. The maximum Gasteiger partial charge on any atom is 0.401 e. The maximum atomic E-state index is 14.6. The fourth-order valence-electron chi connectivity index (χ4n) is 4.99. The molecule has 4 rings (SSSR count). The van der Waals surface area contributed by atoms with Gasteiger partial charge in [-0.15, -0.1) is 11.3 Å². The first-order valence-corrected chi connectivity index (χ1v) is 13.8. The van der Waals surface area contributed by atoms with Gasteiger partial charge in [0.05, 0.1) is 5.41 Å². The number of thiophene rings is 1. The Balaban J connectivity index is 1.55. The van der Waals surface area contributed by atoms with Gasteiger partial charge in [-0.2, -0.15) is 13.2 Å². The summed E-state index contributed by atoms with van der Waals surface area (Å²) in [6.07, 6.45) is -3.45. The van der Waals surface area contributed by atoms with Crippen molar-refractivity contribution < 1.29 is 27.4 Å². The fourth-order valence-corrected chi connectivity index (χ4v) is 6.07. The van der Waals surface area contributed by atoms with Crippen molar-refractivity contribution in [3.8, 4) is 16.2 Å². The van der Waals surface area contributed by atoms with Crippen molar-refractivity contribution in [2.45, 2.75) is 83.8 Å². The van der Waals surface area contributed by atoms with Crippen molar-refractivity contribution in [1.82, 2.24) is 4.98 Å². The molecule has 2 heterocycles. The van der Waals surface area contributed by atoms with E-state index in [2.05, 4.69) is 4.98 Å². The summed E-state index contributed by atoms with van der Waals surface area (Å²) in [6, 6.07) is 10.4. The highest BCUT2D eigenvalue weighted by atomic mass is 32.1. The molecule has 2 aromatic heterocycles. The van der Waals surface area contributed by atoms with Gasteiger partial charge in [-0.05, 0) is 89.6 Å². The van der Waals surface area contributed by atoms with Crippen molar-refractivity contribution in [3.05, 3.63) is 48.8 Å². The second-order valence-corrected chi connectivity index (χ2v) is 13.0. The largest absolute Gasteiger partial charge is 0.489 e. The third kappa shape index (κ3) is 5.93. The zero-order valence-corrected chi connectivity index (χ0v) is 23.7. The minimum absolute atomic E-state index is 0.0204. The highest BCUT2D eigenvalue weighted by Crippen LogP contribution is 2.53. The van der Waals surface area contributed by atoms with E-state index >= 15 is 0 Å². The van der Waals surface area contributed by atoms with Crippen molar-refractivity contribution in [3.63, 3.8) is 0 Å². The molecule has 0 aliphatic heterocycles. The van der Waals surface area contributed by atoms with Crippen molar-refractivity contribution >= 4 is 27.4 Å². The molecular formula is C29H36F3N3O3S. The molecule has 1 aliphatic carbocycles. The molecule has 3 aromatic rings. The maximum absolute atomic E-state index is 14.6. The standard InChI is InChI=1S/C29H36F3N3O3S/c1-26(2,34)15-22(33)27(3,4)25(36)38-24-11-10-23(28(24,5)29(30,31)32)37-19-9-8-17-13-20(39-21(17)14-19)18-7-6-12-35-16-18/h6-9,12-14,16,22-24H,10-11,15,33-34H2,1-5H3. The summed E-state index contributed by atoms with van der Waals surface area (Å²) in [7, 11) is 0. The quantitative estimate of drug-likeness (QED) is 0.305. The molecule has 0 saturated heterocycles. The highest BCUT2D eigenvalue weighted by Gasteiger charge is 2.66. The lowest BCUT2D eigenvalue weighted by Gasteiger charge is -2.40. The summed E-state index contributed by atoms with van der Waals surface area (Å²) in [5.41, 5.74) is 8.99. The van der Waals surface area contributed by atoms with Crippen LogP contribution in [0.2, 0.25) is 0 Å². The Hall–Kier alpha value is -2.69. The van der Waals surface area contributed by atoms with Gasteiger partial charge in [-0.1, -0.05) is 6.07 Å². The molecule has 10 heteroatoms. The van der Waals surface area contributed by atoms with Crippen molar-refractivity contribution in [2.24, 2.45) is 22.3 Å². The first-order valence-electron chi connectivity index (χ1n) is 13.0. The Morgan fingerprint density at radius 1 is 1.15 bits per heavy atom. The van der Waals surface area contributed by atoms with Gasteiger partial charge in [0.1, 0.15) is 23.4 Å².